The van der Waals surface area contributed by atoms with Crippen molar-refractivity contribution in [3.05, 3.63) is 35.9 Å². The molecular formula is C12H17O3P. The SMILES string of the molecule is CCO[P+]1([O-])OCCCC1c1ccccc1. The van der Waals surface area contributed by atoms with Crippen LogP contribution in [-0.2, 0) is 9.05 Å². The zero-order valence-corrected chi connectivity index (χ0v) is 10.4. The molecule has 1 aromatic carbocycles. The molecule has 1 aromatic rings. The number of hydrogen-bond donors (Lipinski definition) is 0. The molecule has 0 N–H and O–H groups in total. The first-order valence-electron chi connectivity index (χ1n) is 5.70. The van der Waals surface area contributed by atoms with Crippen LogP contribution < -0.4 is 4.89 Å². The largest absolute Gasteiger partial charge is 0.631 e. The van der Waals surface area contributed by atoms with Crippen LogP contribution in [0, 0.1) is 0 Å². The average molecular weight is 240 g/mol. The molecule has 0 radical (unpaired) electrons. The van der Waals surface area contributed by atoms with Crippen LogP contribution in [0.3, 0.4) is 0 Å². The van der Waals surface area contributed by atoms with E-state index in [1.54, 1.807) is 0 Å². The van der Waals surface area contributed by atoms with Gasteiger partial charge in [-0.15, -0.1) is 0 Å². The molecule has 0 aromatic heterocycles. The van der Waals surface area contributed by atoms with E-state index in [2.05, 4.69) is 0 Å². The van der Waals surface area contributed by atoms with E-state index in [0.29, 0.717) is 13.2 Å². The van der Waals surface area contributed by atoms with Gasteiger partial charge < -0.3 is 4.89 Å². The summed E-state index contributed by atoms with van der Waals surface area (Å²) in [4.78, 5) is 12.5. The van der Waals surface area contributed by atoms with E-state index in [1.807, 2.05) is 37.3 Å². The van der Waals surface area contributed by atoms with Crippen molar-refractivity contribution in [2.45, 2.75) is 25.4 Å². The number of benzene rings is 1. The van der Waals surface area contributed by atoms with Crippen LogP contribution in [0.25, 0.3) is 0 Å². The van der Waals surface area contributed by atoms with E-state index in [0.717, 1.165) is 18.4 Å². The lowest BCUT2D eigenvalue weighted by Gasteiger charge is -2.37. The first kappa shape index (κ1) is 12.0. The predicted molar refractivity (Wildman–Crippen MR) is 62.9 cm³/mol. The van der Waals surface area contributed by atoms with Gasteiger partial charge in [0.15, 0.2) is 0 Å². The second-order valence-electron chi connectivity index (χ2n) is 3.86. The molecule has 1 saturated heterocycles. The van der Waals surface area contributed by atoms with E-state index in [4.69, 9.17) is 9.05 Å². The summed E-state index contributed by atoms with van der Waals surface area (Å²) in [6, 6.07) is 9.86. The summed E-state index contributed by atoms with van der Waals surface area (Å²) < 4.78 is 10.8. The molecule has 4 heteroatoms. The fourth-order valence-corrected chi connectivity index (χ4v) is 4.26. The molecule has 2 rings (SSSR count). The van der Waals surface area contributed by atoms with Crippen molar-refractivity contribution in [1.82, 2.24) is 0 Å². The van der Waals surface area contributed by atoms with Gasteiger partial charge in [-0.05, 0) is 25.3 Å². The smallest absolute Gasteiger partial charge is 0.245 e. The van der Waals surface area contributed by atoms with Crippen LogP contribution in [0.4, 0.5) is 0 Å². The second-order valence-corrected chi connectivity index (χ2v) is 6.08. The van der Waals surface area contributed by atoms with Gasteiger partial charge in [0.05, 0.1) is 13.2 Å². The van der Waals surface area contributed by atoms with Gasteiger partial charge in [0.1, 0.15) is 5.66 Å². The minimum atomic E-state index is -2.95. The van der Waals surface area contributed by atoms with Gasteiger partial charge in [0.25, 0.3) is 0 Å². The molecular weight excluding hydrogens is 223 g/mol. The maximum absolute atomic E-state index is 12.5. The summed E-state index contributed by atoms with van der Waals surface area (Å²) in [5.41, 5.74) is 0.960. The molecule has 0 spiro atoms. The van der Waals surface area contributed by atoms with E-state index < -0.39 is 7.94 Å². The first-order valence-corrected chi connectivity index (χ1v) is 7.31. The van der Waals surface area contributed by atoms with Crippen LogP contribution in [0.15, 0.2) is 30.3 Å². The Labute approximate surface area is 97.0 Å². The first-order chi connectivity index (χ1) is 7.76. The standard InChI is InChI=1S/C12H17O3P/c1-2-14-16(13)12(9-6-10-15-16)11-7-4-3-5-8-11/h3-5,7-8,12H,2,6,9-10H2,1H3. The molecule has 1 aliphatic heterocycles. The van der Waals surface area contributed by atoms with Gasteiger partial charge in [-0.1, -0.05) is 30.3 Å². The third-order valence-corrected chi connectivity index (χ3v) is 5.25. The van der Waals surface area contributed by atoms with Crippen molar-refractivity contribution in [3.8, 4) is 0 Å². The molecule has 0 amide bonds. The lowest BCUT2D eigenvalue weighted by Crippen LogP contribution is -2.26. The summed E-state index contributed by atoms with van der Waals surface area (Å²) in [6.45, 7) is 2.82. The third kappa shape index (κ3) is 2.44. The van der Waals surface area contributed by atoms with Crippen molar-refractivity contribution in [2.75, 3.05) is 13.2 Å². The Kier molecular flexibility index (Phi) is 3.93. The van der Waals surface area contributed by atoms with Crippen LogP contribution in [0.5, 0.6) is 0 Å². The van der Waals surface area contributed by atoms with Crippen LogP contribution in [0.1, 0.15) is 31.0 Å². The maximum Gasteiger partial charge on any atom is 0.245 e. The van der Waals surface area contributed by atoms with E-state index in [-0.39, 0.29) is 5.66 Å². The van der Waals surface area contributed by atoms with Crippen LogP contribution in [0.2, 0.25) is 0 Å². The molecule has 1 heterocycles. The van der Waals surface area contributed by atoms with Crippen molar-refractivity contribution in [3.63, 3.8) is 0 Å². The van der Waals surface area contributed by atoms with Crippen molar-refractivity contribution in [1.29, 1.82) is 0 Å². The topological polar surface area (TPSA) is 41.5 Å². The Morgan fingerprint density at radius 1 is 1.44 bits per heavy atom. The Morgan fingerprint density at radius 2 is 2.19 bits per heavy atom. The maximum atomic E-state index is 12.5. The Hall–Kier alpha value is -0.470. The molecule has 3 nitrogen and oxygen atoms in total. The Bertz CT molecular complexity index is 326. The van der Waals surface area contributed by atoms with Gasteiger partial charge in [-0.25, -0.2) is 9.05 Å². The molecule has 0 aliphatic carbocycles. The molecule has 0 bridgehead atoms. The lowest BCUT2D eigenvalue weighted by atomic mass is 10.1. The zero-order chi connectivity index (χ0) is 11.4. The zero-order valence-electron chi connectivity index (χ0n) is 9.46. The van der Waals surface area contributed by atoms with Crippen LogP contribution >= 0.6 is 7.94 Å². The Morgan fingerprint density at radius 3 is 2.88 bits per heavy atom. The molecule has 16 heavy (non-hydrogen) atoms. The minimum absolute atomic E-state index is 0.0950. The lowest BCUT2D eigenvalue weighted by molar-refractivity contribution is -0.225. The van der Waals surface area contributed by atoms with Gasteiger partial charge in [0, 0.05) is 0 Å². The van der Waals surface area contributed by atoms with Gasteiger partial charge in [0.2, 0.25) is 7.94 Å². The highest BCUT2D eigenvalue weighted by molar-refractivity contribution is 7.59. The summed E-state index contributed by atoms with van der Waals surface area (Å²) in [5, 5.41) is 0. The van der Waals surface area contributed by atoms with Crippen molar-refractivity contribution < 1.29 is 13.9 Å². The van der Waals surface area contributed by atoms with Gasteiger partial charge >= 0.3 is 0 Å². The van der Waals surface area contributed by atoms with Gasteiger partial charge in [-0.2, -0.15) is 0 Å². The van der Waals surface area contributed by atoms with Crippen LogP contribution in [-0.4, -0.2) is 13.2 Å². The van der Waals surface area contributed by atoms with Crippen molar-refractivity contribution >= 4 is 7.94 Å². The van der Waals surface area contributed by atoms with E-state index in [9.17, 15) is 4.89 Å². The fourth-order valence-electron chi connectivity index (χ4n) is 2.05. The van der Waals surface area contributed by atoms with Gasteiger partial charge in [-0.3, -0.25) is 0 Å². The highest BCUT2D eigenvalue weighted by Crippen LogP contribution is 2.68. The third-order valence-electron chi connectivity index (χ3n) is 2.77. The fraction of sp³-hybridized carbons (Fsp3) is 0.500. The molecule has 88 valence electrons. The molecule has 0 saturated carbocycles. The molecule has 1 fully saturated rings. The number of rotatable bonds is 3. The average Bonchev–Trinajstić information content (AvgIpc) is 2.31. The highest BCUT2D eigenvalue weighted by Gasteiger charge is 2.44. The second kappa shape index (κ2) is 5.24. The summed E-state index contributed by atoms with van der Waals surface area (Å²) in [6.07, 6.45) is 1.82. The number of hydrogen-bond acceptors (Lipinski definition) is 3. The predicted octanol–water partition coefficient (Wildman–Crippen LogP) is 2.70. The highest BCUT2D eigenvalue weighted by atomic mass is 31.2. The summed E-state index contributed by atoms with van der Waals surface area (Å²) in [5.74, 6) is 0. The van der Waals surface area contributed by atoms with E-state index >= 15 is 0 Å². The quantitative estimate of drug-likeness (QED) is 0.763. The monoisotopic (exact) mass is 240 g/mol. The molecule has 1 aliphatic rings. The minimum Gasteiger partial charge on any atom is -0.631 e. The summed E-state index contributed by atoms with van der Waals surface area (Å²) in [7, 11) is -2.95. The summed E-state index contributed by atoms with van der Waals surface area (Å²) >= 11 is 0. The van der Waals surface area contributed by atoms with E-state index in [1.165, 1.54) is 0 Å². The molecule has 2 atom stereocenters. The molecule has 2 unspecified atom stereocenters. The normalized spacial score (nSPS) is 30.2. The van der Waals surface area contributed by atoms with Crippen molar-refractivity contribution in [2.24, 2.45) is 0 Å². The Balaban J connectivity index is 2.23.